The van der Waals surface area contributed by atoms with Crippen LogP contribution in [0.5, 0.6) is 0 Å². The van der Waals surface area contributed by atoms with Gasteiger partial charge in [-0.3, -0.25) is 4.98 Å². The highest BCUT2D eigenvalue weighted by atomic mass is 15.2. The largest absolute Gasteiger partial charge is 0.325 e. The van der Waals surface area contributed by atoms with Crippen LogP contribution in [0.3, 0.4) is 0 Å². The zero-order chi connectivity index (χ0) is 16.0. The second-order valence-corrected chi connectivity index (χ2v) is 7.10. The summed E-state index contributed by atoms with van der Waals surface area (Å²) in [5, 5.41) is 0. The molecule has 3 heterocycles. The van der Waals surface area contributed by atoms with E-state index in [9.17, 15) is 0 Å². The Bertz CT molecular complexity index is 749. The quantitative estimate of drug-likeness (QED) is 0.855. The number of unbranched alkanes of at least 4 members (excludes halogenated alkanes) is 1. The Morgan fingerprint density at radius 1 is 1.13 bits per heavy atom. The predicted octanol–water partition coefficient (Wildman–Crippen LogP) is 4.01. The van der Waals surface area contributed by atoms with Crippen molar-refractivity contribution >= 4 is 11.5 Å². The van der Waals surface area contributed by atoms with Crippen molar-refractivity contribution in [2.45, 2.75) is 58.3 Å². The number of hydrogen-bond donors (Lipinski definition) is 0. The van der Waals surface area contributed by atoms with Crippen molar-refractivity contribution in [3.05, 3.63) is 41.1 Å². The maximum absolute atomic E-state index is 4.87. The number of hydrogen-bond acceptors (Lipinski definition) is 4. The third kappa shape index (κ3) is 2.50. The molecular weight excluding hydrogens is 284 g/mol. The Balaban J connectivity index is 1.74. The monoisotopic (exact) mass is 308 g/mol. The molecule has 1 aliphatic carbocycles. The van der Waals surface area contributed by atoms with E-state index in [1.54, 1.807) is 0 Å². The van der Waals surface area contributed by atoms with Crippen molar-refractivity contribution in [1.29, 1.82) is 0 Å². The summed E-state index contributed by atoms with van der Waals surface area (Å²) in [5.41, 5.74) is 5.18. The number of nitrogens with zero attached hydrogens (tertiary/aromatic N) is 4. The average Bonchev–Trinajstić information content (AvgIpc) is 3.23. The van der Waals surface area contributed by atoms with Crippen LogP contribution < -0.4 is 4.90 Å². The molecule has 1 saturated carbocycles. The summed E-state index contributed by atoms with van der Waals surface area (Å²) in [7, 11) is 0. The van der Waals surface area contributed by atoms with Crippen molar-refractivity contribution in [3.8, 4) is 0 Å². The van der Waals surface area contributed by atoms with Gasteiger partial charge < -0.3 is 4.90 Å². The SMILES string of the molecule is CCCCc1nc(C)cc(N2CC3(CC3)c3cnc(C)cc32)n1. The summed E-state index contributed by atoms with van der Waals surface area (Å²) >= 11 is 0. The zero-order valence-electron chi connectivity index (χ0n) is 14.3. The molecule has 120 valence electrons. The second-order valence-electron chi connectivity index (χ2n) is 7.10. The first-order chi connectivity index (χ1) is 11.1. The van der Waals surface area contributed by atoms with Gasteiger partial charge in [0.05, 0.1) is 0 Å². The van der Waals surface area contributed by atoms with Crippen LogP contribution in [0.4, 0.5) is 11.5 Å². The second kappa shape index (κ2) is 5.29. The van der Waals surface area contributed by atoms with Crippen molar-refractivity contribution in [1.82, 2.24) is 15.0 Å². The highest BCUT2D eigenvalue weighted by Gasteiger charge is 2.52. The van der Waals surface area contributed by atoms with Crippen LogP contribution in [-0.4, -0.2) is 21.5 Å². The molecule has 0 radical (unpaired) electrons. The Morgan fingerprint density at radius 2 is 1.96 bits per heavy atom. The van der Waals surface area contributed by atoms with E-state index in [4.69, 9.17) is 4.98 Å². The van der Waals surface area contributed by atoms with E-state index in [1.807, 2.05) is 0 Å². The first-order valence-electron chi connectivity index (χ1n) is 8.70. The van der Waals surface area contributed by atoms with Crippen LogP contribution in [0.1, 0.15) is 55.4 Å². The summed E-state index contributed by atoms with van der Waals surface area (Å²) < 4.78 is 0. The van der Waals surface area contributed by atoms with Gasteiger partial charge >= 0.3 is 0 Å². The van der Waals surface area contributed by atoms with Crippen molar-refractivity contribution in [2.24, 2.45) is 0 Å². The number of anilines is 2. The number of rotatable bonds is 4. The van der Waals surface area contributed by atoms with Crippen molar-refractivity contribution in [2.75, 3.05) is 11.4 Å². The van der Waals surface area contributed by atoms with Crippen LogP contribution >= 0.6 is 0 Å². The zero-order valence-corrected chi connectivity index (χ0v) is 14.3. The highest BCUT2D eigenvalue weighted by Crippen LogP contribution is 2.57. The van der Waals surface area contributed by atoms with E-state index >= 15 is 0 Å². The first kappa shape index (κ1) is 14.6. The highest BCUT2D eigenvalue weighted by molar-refractivity contribution is 5.72. The molecule has 1 aliphatic heterocycles. The van der Waals surface area contributed by atoms with Gasteiger partial charge in [0, 0.05) is 53.3 Å². The third-order valence-corrected chi connectivity index (χ3v) is 5.11. The van der Waals surface area contributed by atoms with Crippen LogP contribution in [-0.2, 0) is 11.8 Å². The molecule has 2 aromatic rings. The van der Waals surface area contributed by atoms with Gasteiger partial charge in [-0.1, -0.05) is 13.3 Å². The molecule has 0 N–H and O–H groups in total. The molecule has 0 unspecified atom stereocenters. The molecule has 1 spiro atoms. The van der Waals surface area contributed by atoms with Gasteiger partial charge in [-0.25, -0.2) is 9.97 Å². The van der Waals surface area contributed by atoms with Crippen molar-refractivity contribution < 1.29 is 0 Å². The lowest BCUT2D eigenvalue weighted by atomic mass is 10.0. The Hall–Kier alpha value is -1.97. The van der Waals surface area contributed by atoms with Crippen molar-refractivity contribution in [3.63, 3.8) is 0 Å². The maximum Gasteiger partial charge on any atom is 0.136 e. The molecule has 2 aliphatic rings. The van der Waals surface area contributed by atoms with Gasteiger partial charge in [-0.2, -0.15) is 0 Å². The molecule has 0 saturated heterocycles. The number of aryl methyl sites for hydroxylation is 3. The molecular formula is C19H24N4. The van der Waals surface area contributed by atoms with E-state index in [1.165, 1.54) is 30.5 Å². The van der Waals surface area contributed by atoms with Gasteiger partial charge in [-0.05, 0) is 39.2 Å². The van der Waals surface area contributed by atoms with E-state index in [-0.39, 0.29) is 0 Å². The molecule has 0 amide bonds. The Kier molecular flexibility index (Phi) is 3.36. The molecule has 4 rings (SSSR count). The van der Waals surface area contributed by atoms with Gasteiger partial charge in [0.1, 0.15) is 11.6 Å². The lowest BCUT2D eigenvalue weighted by Crippen LogP contribution is -2.21. The number of fused-ring (bicyclic) bond motifs is 2. The molecule has 2 aromatic heterocycles. The van der Waals surface area contributed by atoms with Crippen LogP contribution in [0.25, 0.3) is 0 Å². The fourth-order valence-electron chi connectivity index (χ4n) is 3.63. The van der Waals surface area contributed by atoms with Crippen LogP contribution in [0, 0.1) is 13.8 Å². The summed E-state index contributed by atoms with van der Waals surface area (Å²) in [6.07, 6.45) is 7.91. The fraction of sp³-hybridized carbons (Fsp3) is 0.526. The molecule has 4 nitrogen and oxygen atoms in total. The molecule has 0 aromatic carbocycles. The summed E-state index contributed by atoms with van der Waals surface area (Å²) in [6.45, 7) is 7.38. The predicted molar refractivity (Wildman–Crippen MR) is 92.3 cm³/mol. The fourth-order valence-corrected chi connectivity index (χ4v) is 3.63. The van der Waals surface area contributed by atoms with E-state index in [0.29, 0.717) is 5.41 Å². The minimum absolute atomic E-state index is 0.332. The van der Waals surface area contributed by atoms with E-state index in [0.717, 1.165) is 42.4 Å². The molecule has 0 bridgehead atoms. The summed E-state index contributed by atoms with van der Waals surface area (Å²) in [4.78, 5) is 16.4. The minimum Gasteiger partial charge on any atom is -0.325 e. The standard InChI is InChI=1S/C19H24N4/c1-4-5-6-17-21-14(3)10-18(22-17)23-12-19(7-8-19)15-11-20-13(2)9-16(15)23/h9-11H,4-8,12H2,1-3H3. The molecule has 23 heavy (non-hydrogen) atoms. The van der Waals surface area contributed by atoms with Crippen LogP contribution in [0.15, 0.2) is 18.3 Å². The Labute approximate surface area is 138 Å². The Morgan fingerprint density at radius 3 is 2.70 bits per heavy atom. The molecule has 0 atom stereocenters. The third-order valence-electron chi connectivity index (χ3n) is 5.11. The topological polar surface area (TPSA) is 41.9 Å². The lowest BCUT2D eigenvalue weighted by molar-refractivity contribution is 0.723. The van der Waals surface area contributed by atoms with Gasteiger partial charge in [-0.15, -0.1) is 0 Å². The maximum atomic E-state index is 4.87. The lowest BCUT2D eigenvalue weighted by Gasteiger charge is -2.20. The number of pyridine rings is 1. The van der Waals surface area contributed by atoms with Gasteiger partial charge in [0.2, 0.25) is 0 Å². The van der Waals surface area contributed by atoms with Crippen LogP contribution in [0.2, 0.25) is 0 Å². The minimum atomic E-state index is 0.332. The smallest absolute Gasteiger partial charge is 0.136 e. The molecule has 1 fully saturated rings. The number of aromatic nitrogens is 3. The van der Waals surface area contributed by atoms with E-state index in [2.05, 4.69) is 54.0 Å². The normalized spacial score (nSPS) is 17.6. The van der Waals surface area contributed by atoms with Gasteiger partial charge in [0.25, 0.3) is 0 Å². The summed E-state index contributed by atoms with van der Waals surface area (Å²) in [6, 6.07) is 4.34. The average molecular weight is 308 g/mol. The summed E-state index contributed by atoms with van der Waals surface area (Å²) in [5.74, 6) is 2.03. The first-order valence-corrected chi connectivity index (χ1v) is 8.70. The molecule has 4 heteroatoms. The van der Waals surface area contributed by atoms with E-state index < -0.39 is 0 Å². The van der Waals surface area contributed by atoms with Gasteiger partial charge in [0.15, 0.2) is 0 Å².